The molecule has 3 heterocycles. The Hall–Kier alpha value is -4.22. The summed E-state index contributed by atoms with van der Waals surface area (Å²) in [5.74, 6) is -0.644. The first-order valence-corrected chi connectivity index (χ1v) is 14.8. The summed E-state index contributed by atoms with van der Waals surface area (Å²) in [6.07, 6.45) is -0.871. The number of rotatable bonds is 7. The van der Waals surface area contributed by atoms with E-state index in [1.165, 1.54) is 5.56 Å². The minimum atomic E-state index is -1.92. The Morgan fingerprint density at radius 1 is 0.833 bits per heavy atom. The number of carbonyl (C=O) groups excluding carboxylic acids is 2. The molecule has 2 amide bonds. The predicted octanol–water partition coefficient (Wildman–Crippen LogP) is 6.64. The summed E-state index contributed by atoms with van der Waals surface area (Å²) in [6, 6.07) is 25.3. The van der Waals surface area contributed by atoms with Gasteiger partial charge in [-0.1, -0.05) is 79.4 Å². The van der Waals surface area contributed by atoms with Crippen molar-refractivity contribution in [3.8, 4) is 0 Å². The fourth-order valence-electron chi connectivity index (χ4n) is 6.55. The molecule has 0 radical (unpaired) electrons. The average Bonchev–Trinajstić information content (AvgIpc) is 3.34. The van der Waals surface area contributed by atoms with Crippen molar-refractivity contribution in [1.29, 1.82) is 0 Å². The van der Waals surface area contributed by atoms with Crippen LogP contribution in [0.5, 0.6) is 0 Å². The van der Waals surface area contributed by atoms with Crippen LogP contribution in [0.2, 0.25) is 0 Å². The number of amides is 2. The van der Waals surface area contributed by atoms with E-state index in [9.17, 15) is 12.3 Å². The van der Waals surface area contributed by atoms with E-state index in [-0.39, 0.29) is 17.7 Å². The van der Waals surface area contributed by atoms with Crippen molar-refractivity contribution in [2.45, 2.75) is 51.0 Å². The summed E-state index contributed by atoms with van der Waals surface area (Å²) >= 11 is 0. The molecule has 2 saturated heterocycles. The van der Waals surface area contributed by atoms with Gasteiger partial charge in [0.1, 0.15) is 6.04 Å². The van der Waals surface area contributed by atoms with Gasteiger partial charge in [0.15, 0.2) is 0 Å². The molecule has 3 aliphatic rings. The van der Waals surface area contributed by atoms with E-state index in [1.54, 1.807) is 53.4 Å². The Labute approximate surface area is 253 Å². The number of nitrogens with zero attached hydrogens (tertiary/aromatic N) is 2. The number of allylic oxidation sites excluding steroid dienone is 1. The molecule has 5 nitrogen and oxygen atoms in total. The van der Waals surface area contributed by atoms with Gasteiger partial charge in [0.05, 0.1) is 5.69 Å². The van der Waals surface area contributed by atoms with Crippen LogP contribution >= 0.6 is 0 Å². The topological polar surface area (TPSA) is 52.7 Å². The van der Waals surface area contributed by atoms with E-state index in [2.05, 4.69) is 28.9 Å². The van der Waals surface area contributed by atoms with Crippen LogP contribution in [-0.4, -0.2) is 35.8 Å². The zero-order valence-electron chi connectivity index (χ0n) is 27.6. The molecule has 0 aliphatic carbocycles. The molecule has 4 aromatic rings. The van der Waals surface area contributed by atoms with E-state index in [1.807, 2.05) is 24.3 Å². The van der Waals surface area contributed by atoms with Crippen LogP contribution in [0, 0.1) is 5.92 Å². The lowest BCUT2D eigenvalue weighted by molar-refractivity contribution is -0.122. The van der Waals surface area contributed by atoms with E-state index in [0.29, 0.717) is 57.3 Å². The number of carbonyl (C=O) groups is 2. The highest BCUT2D eigenvalue weighted by molar-refractivity contribution is 6.27. The number of benzene rings is 4. The lowest BCUT2D eigenvalue weighted by atomic mass is 9.89. The van der Waals surface area contributed by atoms with Crippen LogP contribution in [0.1, 0.15) is 63.8 Å². The molecule has 0 saturated carbocycles. The highest BCUT2D eigenvalue weighted by Gasteiger charge is 2.40. The minimum absolute atomic E-state index is 0.122. The Kier molecular flexibility index (Phi) is 5.98. The van der Waals surface area contributed by atoms with Crippen molar-refractivity contribution < 1.29 is 15.1 Å². The minimum Gasteiger partial charge on any atom is -0.329 e. The summed E-state index contributed by atoms with van der Waals surface area (Å²) in [5.41, 5.74) is 4.37. The molecule has 4 aromatic carbocycles. The summed E-state index contributed by atoms with van der Waals surface area (Å²) in [5, 5.41) is 4.05. The average molecular weight is 560 g/mol. The highest BCUT2D eigenvalue weighted by Crippen LogP contribution is 2.41. The number of nitrogens with one attached hydrogen (secondary N) is 1. The number of hydrogen-bond donors (Lipinski definition) is 1. The zero-order chi connectivity index (χ0) is 32.2. The van der Waals surface area contributed by atoms with Gasteiger partial charge in [0.25, 0.3) is 5.91 Å². The molecule has 42 heavy (non-hydrogen) atoms. The van der Waals surface area contributed by atoms with Crippen LogP contribution in [-0.2, 0) is 24.1 Å². The largest absolute Gasteiger partial charge is 0.329 e. The maximum Gasteiger partial charge on any atom is 0.259 e. The van der Waals surface area contributed by atoms with Crippen molar-refractivity contribution >= 4 is 28.3 Å². The second kappa shape index (κ2) is 11.2. The third-order valence-electron chi connectivity index (χ3n) is 8.73. The second-order valence-corrected chi connectivity index (χ2v) is 11.6. The number of anilines is 1. The van der Waals surface area contributed by atoms with Gasteiger partial charge in [0.2, 0.25) is 5.91 Å². The molecule has 7 rings (SSSR count). The van der Waals surface area contributed by atoms with Gasteiger partial charge in [-0.25, -0.2) is 0 Å². The summed E-state index contributed by atoms with van der Waals surface area (Å²) in [6.45, 7) is 6.40. The molecule has 0 bridgehead atoms. The van der Waals surface area contributed by atoms with Crippen molar-refractivity contribution in [3.63, 3.8) is 0 Å². The first-order valence-electron chi connectivity index (χ1n) is 16.8. The van der Waals surface area contributed by atoms with E-state index in [0.717, 1.165) is 32.5 Å². The van der Waals surface area contributed by atoms with E-state index < -0.39 is 18.8 Å². The van der Waals surface area contributed by atoms with Crippen molar-refractivity contribution in [2.24, 2.45) is 5.92 Å². The van der Waals surface area contributed by atoms with Crippen molar-refractivity contribution in [1.82, 2.24) is 10.2 Å². The molecule has 212 valence electrons. The lowest BCUT2D eigenvalue weighted by Gasteiger charge is -2.32. The third-order valence-corrected chi connectivity index (χ3v) is 8.73. The van der Waals surface area contributed by atoms with Crippen molar-refractivity contribution in [2.75, 3.05) is 18.0 Å². The fourth-order valence-corrected chi connectivity index (χ4v) is 6.55. The summed E-state index contributed by atoms with van der Waals surface area (Å²) < 4.78 is 36.5. The quantitative estimate of drug-likeness (QED) is 0.276. The molecule has 5 heteroatoms. The van der Waals surface area contributed by atoms with Crippen LogP contribution in [0.4, 0.5) is 5.69 Å². The summed E-state index contributed by atoms with van der Waals surface area (Å²) in [4.78, 5) is 30.4. The van der Waals surface area contributed by atoms with Gasteiger partial charge in [-0.2, -0.15) is 0 Å². The molecule has 2 fully saturated rings. The zero-order valence-corrected chi connectivity index (χ0v) is 23.6. The van der Waals surface area contributed by atoms with Gasteiger partial charge in [-0.15, -0.1) is 0 Å². The Morgan fingerprint density at radius 3 is 2.36 bits per heavy atom. The number of piperidine rings is 2. The SMILES string of the molecule is [2H]C([2H])(c1ccc(C([2H])([2H])C2CCN(Cc3ccccc3)CC2)cc1)c1ccc2c3c(cccc13)C(=O)N2C1CCC(=C)NC1=O. The molecular formula is C37H37N3O2. The Balaban J connectivity index is 1.12. The van der Waals surface area contributed by atoms with Crippen LogP contribution < -0.4 is 10.2 Å². The molecule has 0 aromatic heterocycles. The normalized spacial score (nSPS) is 21.6. The van der Waals surface area contributed by atoms with Gasteiger partial charge in [0, 0.05) is 28.7 Å². The maximum absolute atomic E-state index is 13.6. The molecule has 3 aliphatic heterocycles. The van der Waals surface area contributed by atoms with E-state index in [4.69, 9.17) is 2.74 Å². The monoisotopic (exact) mass is 559 g/mol. The fraction of sp³-hybridized carbons (Fsp3) is 0.297. The van der Waals surface area contributed by atoms with Gasteiger partial charge in [-0.3, -0.25) is 19.4 Å². The lowest BCUT2D eigenvalue weighted by Crippen LogP contribution is -2.51. The summed E-state index contributed by atoms with van der Waals surface area (Å²) in [7, 11) is 0. The molecule has 1 unspecified atom stereocenters. The second-order valence-electron chi connectivity index (χ2n) is 11.6. The Morgan fingerprint density at radius 2 is 1.60 bits per heavy atom. The number of hydrogen-bond acceptors (Lipinski definition) is 3. The highest BCUT2D eigenvalue weighted by atomic mass is 16.2. The van der Waals surface area contributed by atoms with E-state index >= 15 is 0 Å². The van der Waals surface area contributed by atoms with Crippen LogP contribution in [0.25, 0.3) is 10.8 Å². The maximum atomic E-state index is 13.6. The predicted molar refractivity (Wildman–Crippen MR) is 168 cm³/mol. The van der Waals surface area contributed by atoms with Gasteiger partial charge in [-0.05, 0) is 97.2 Å². The first-order chi connectivity index (χ1) is 22.1. The van der Waals surface area contributed by atoms with Gasteiger partial charge >= 0.3 is 0 Å². The van der Waals surface area contributed by atoms with Crippen LogP contribution in [0.3, 0.4) is 0 Å². The molecule has 0 spiro atoms. The molecular weight excluding hydrogens is 518 g/mol. The van der Waals surface area contributed by atoms with Crippen LogP contribution in [0.15, 0.2) is 97.2 Å². The third kappa shape index (κ3) is 5.14. The molecule has 1 atom stereocenters. The first kappa shape index (κ1) is 22.4. The molecule has 1 N–H and O–H groups in total. The van der Waals surface area contributed by atoms with Crippen molar-refractivity contribution in [3.05, 3.63) is 125 Å². The van der Waals surface area contributed by atoms with Gasteiger partial charge < -0.3 is 5.32 Å². The Bertz CT molecular complexity index is 1830. The smallest absolute Gasteiger partial charge is 0.259 e. The standard InChI is InChI=1S/C37H37N3O2/c1-25-10-16-34(36(41)38-25)40-33-17-15-30(31-8-5-9-32(35(31)33)37(40)42)23-27-13-11-26(12-14-27)22-28-18-20-39(21-19-28)24-29-6-3-2-4-7-29/h2-9,11-15,17,28,34H,1,10,16,18-24H2,(H,38,41)/i22D2,23D2. The number of likely N-dealkylation sites (tertiary alicyclic amines) is 1.